The van der Waals surface area contributed by atoms with Crippen molar-refractivity contribution >= 4 is 60.8 Å². The summed E-state index contributed by atoms with van der Waals surface area (Å²) in [6, 6.07) is 80.5. The predicted octanol–water partition coefficient (Wildman–Crippen LogP) is 18.1. The van der Waals surface area contributed by atoms with Gasteiger partial charge in [-0.3, -0.25) is 0 Å². The third-order valence-corrected chi connectivity index (χ3v) is 15.6. The third-order valence-electron chi connectivity index (χ3n) is 15.6. The standard InChI is InChI=1S/C66H48N2O/c1-65(2)56-24-11-9-19-49(56)53-39-55-54-38-43(32-37-59(54)68(61(55)40-58(53)65)44-16-6-5-7-17-44)41-28-33-45(34-29-41)67(60-26-15-22-51-48-18-8-12-25-57(48)66(3,4)63(51)60)46-35-30-42(31-36-46)47-21-14-23-52-50-20-10-13-27-62(50)69-64(47)52/h5-40H,1-4H3. The van der Waals surface area contributed by atoms with E-state index >= 15 is 0 Å². The first-order valence-corrected chi connectivity index (χ1v) is 24.2. The van der Waals surface area contributed by atoms with Gasteiger partial charge in [-0.05, 0) is 134 Å². The van der Waals surface area contributed by atoms with Crippen molar-refractivity contribution in [2.75, 3.05) is 4.90 Å². The lowest BCUT2D eigenvalue weighted by Gasteiger charge is -2.32. The summed E-state index contributed by atoms with van der Waals surface area (Å²) in [5.74, 6) is 0. The Morgan fingerprint density at radius 3 is 1.72 bits per heavy atom. The van der Waals surface area contributed by atoms with E-state index in [4.69, 9.17) is 4.42 Å². The van der Waals surface area contributed by atoms with E-state index < -0.39 is 0 Å². The van der Waals surface area contributed by atoms with Gasteiger partial charge in [0.25, 0.3) is 0 Å². The average Bonchev–Trinajstić information content (AvgIpc) is 4.07. The van der Waals surface area contributed by atoms with Crippen LogP contribution in [0.4, 0.5) is 17.1 Å². The minimum atomic E-state index is -0.204. The minimum Gasteiger partial charge on any atom is -0.455 e. The van der Waals surface area contributed by atoms with Crippen molar-refractivity contribution in [3.8, 4) is 50.2 Å². The number of aromatic nitrogens is 1. The first kappa shape index (κ1) is 39.7. The fraction of sp³-hybridized carbons (Fsp3) is 0.0909. The zero-order valence-corrected chi connectivity index (χ0v) is 39.1. The molecule has 0 unspecified atom stereocenters. The van der Waals surface area contributed by atoms with Gasteiger partial charge in [-0.1, -0.05) is 173 Å². The van der Waals surface area contributed by atoms with Gasteiger partial charge in [0, 0.05) is 55.0 Å². The van der Waals surface area contributed by atoms with E-state index in [2.05, 4.69) is 249 Å². The molecule has 0 aliphatic heterocycles. The number of nitrogens with zero attached hydrogens (tertiary/aromatic N) is 2. The van der Waals surface area contributed by atoms with Crippen LogP contribution in [0.5, 0.6) is 0 Å². The van der Waals surface area contributed by atoms with Crippen LogP contribution in [0.2, 0.25) is 0 Å². The monoisotopic (exact) mass is 884 g/mol. The number of hydrogen-bond acceptors (Lipinski definition) is 2. The van der Waals surface area contributed by atoms with E-state index in [-0.39, 0.29) is 10.8 Å². The maximum absolute atomic E-state index is 6.50. The van der Waals surface area contributed by atoms with Gasteiger partial charge in [-0.2, -0.15) is 0 Å². The molecule has 0 bridgehead atoms. The lowest BCUT2D eigenvalue weighted by atomic mass is 9.81. The second kappa shape index (κ2) is 14.6. The number of benzene rings is 10. The molecular formula is C66H48N2O. The second-order valence-electron chi connectivity index (χ2n) is 20.1. The topological polar surface area (TPSA) is 21.3 Å². The Labute approximate surface area is 402 Å². The Balaban J connectivity index is 0.909. The molecule has 14 rings (SSSR count). The summed E-state index contributed by atoms with van der Waals surface area (Å²) in [6.45, 7) is 9.48. The van der Waals surface area contributed by atoms with Crippen LogP contribution in [-0.2, 0) is 10.8 Å². The molecule has 2 heterocycles. The van der Waals surface area contributed by atoms with Crippen LogP contribution in [0.15, 0.2) is 223 Å². The van der Waals surface area contributed by atoms with Gasteiger partial charge in [-0.15, -0.1) is 0 Å². The molecule has 0 radical (unpaired) electrons. The molecule has 12 aromatic rings. The van der Waals surface area contributed by atoms with E-state index in [0.29, 0.717) is 0 Å². The highest BCUT2D eigenvalue weighted by molar-refractivity contribution is 6.13. The summed E-state index contributed by atoms with van der Waals surface area (Å²) in [4.78, 5) is 2.46. The number of hydrogen-bond donors (Lipinski definition) is 0. The highest BCUT2D eigenvalue weighted by atomic mass is 16.3. The minimum absolute atomic E-state index is 0.0927. The van der Waals surface area contributed by atoms with Gasteiger partial charge >= 0.3 is 0 Å². The molecule has 0 fully saturated rings. The molecule has 3 heteroatoms. The summed E-state index contributed by atoms with van der Waals surface area (Å²) in [7, 11) is 0. The SMILES string of the molecule is CC1(C)c2ccccc2-c2cc3c4cc(-c5ccc(N(c6ccc(-c7cccc8c7oc7ccccc78)cc6)c6cccc7c6C(C)(C)c6ccccc6-7)cc5)ccc4n(-c4ccccc4)c3cc21. The van der Waals surface area contributed by atoms with Crippen molar-refractivity contribution in [1.82, 2.24) is 4.57 Å². The molecular weight excluding hydrogens is 837 g/mol. The Morgan fingerprint density at radius 2 is 0.957 bits per heavy atom. The van der Waals surface area contributed by atoms with E-state index in [1.54, 1.807) is 0 Å². The van der Waals surface area contributed by atoms with Crippen LogP contribution in [0, 0.1) is 0 Å². The molecule has 0 saturated carbocycles. The normalized spacial score (nSPS) is 14.0. The number of fused-ring (bicyclic) bond motifs is 12. The largest absolute Gasteiger partial charge is 0.455 e. The maximum atomic E-state index is 6.50. The predicted molar refractivity (Wildman–Crippen MR) is 289 cm³/mol. The zero-order chi connectivity index (χ0) is 46.2. The zero-order valence-electron chi connectivity index (χ0n) is 39.1. The van der Waals surface area contributed by atoms with Crippen LogP contribution in [-0.4, -0.2) is 4.57 Å². The van der Waals surface area contributed by atoms with E-state index in [9.17, 15) is 0 Å². The molecule has 2 aromatic heterocycles. The van der Waals surface area contributed by atoms with Crippen molar-refractivity contribution in [2.24, 2.45) is 0 Å². The smallest absolute Gasteiger partial charge is 0.143 e. The van der Waals surface area contributed by atoms with E-state index in [1.807, 2.05) is 6.07 Å². The van der Waals surface area contributed by atoms with Crippen molar-refractivity contribution in [2.45, 2.75) is 38.5 Å². The second-order valence-corrected chi connectivity index (χ2v) is 20.1. The van der Waals surface area contributed by atoms with E-state index in [0.717, 1.165) is 44.4 Å². The number of anilines is 3. The van der Waals surface area contributed by atoms with Crippen LogP contribution in [0.3, 0.4) is 0 Å². The van der Waals surface area contributed by atoms with Crippen LogP contribution in [0.25, 0.3) is 93.9 Å². The molecule has 0 amide bonds. The Hall–Kier alpha value is -8.40. The molecule has 3 nitrogen and oxygen atoms in total. The molecule has 0 saturated heterocycles. The number of rotatable bonds is 6. The van der Waals surface area contributed by atoms with Crippen molar-refractivity contribution in [1.29, 1.82) is 0 Å². The number of para-hydroxylation sites is 3. The molecule has 10 aromatic carbocycles. The molecule has 0 atom stereocenters. The van der Waals surface area contributed by atoms with Gasteiger partial charge in [0.05, 0.1) is 16.7 Å². The molecule has 2 aliphatic carbocycles. The molecule has 0 N–H and O–H groups in total. The Morgan fingerprint density at radius 1 is 0.377 bits per heavy atom. The summed E-state index contributed by atoms with van der Waals surface area (Å²) in [5, 5.41) is 4.79. The first-order valence-electron chi connectivity index (χ1n) is 24.2. The van der Waals surface area contributed by atoms with Gasteiger partial charge in [-0.25, -0.2) is 0 Å². The highest BCUT2D eigenvalue weighted by Gasteiger charge is 2.39. The molecule has 2 aliphatic rings. The van der Waals surface area contributed by atoms with Crippen molar-refractivity contribution < 1.29 is 4.42 Å². The van der Waals surface area contributed by atoms with Gasteiger partial charge < -0.3 is 13.9 Å². The Kier molecular flexibility index (Phi) is 8.38. The number of furan rings is 1. The fourth-order valence-corrected chi connectivity index (χ4v) is 12.2. The van der Waals surface area contributed by atoms with Crippen LogP contribution < -0.4 is 4.90 Å². The lowest BCUT2D eigenvalue weighted by molar-refractivity contribution is 0.660. The molecule has 328 valence electrons. The van der Waals surface area contributed by atoms with Gasteiger partial charge in [0.15, 0.2) is 0 Å². The van der Waals surface area contributed by atoms with Crippen molar-refractivity contribution in [3.05, 3.63) is 241 Å². The Bertz CT molecular complexity index is 4050. The summed E-state index contributed by atoms with van der Waals surface area (Å²) >= 11 is 0. The average molecular weight is 885 g/mol. The van der Waals surface area contributed by atoms with E-state index in [1.165, 1.54) is 88.8 Å². The fourth-order valence-electron chi connectivity index (χ4n) is 12.2. The summed E-state index contributed by atoms with van der Waals surface area (Å²) in [5.41, 5.74) is 23.8. The summed E-state index contributed by atoms with van der Waals surface area (Å²) in [6.07, 6.45) is 0. The van der Waals surface area contributed by atoms with Crippen LogP contribution >= 0.6 is 0 Å². The highest BCUT2D eigenvalue weighted by Crippen LogP contribution is 2.55. The molecule has 69 heavy (non-hydrogen) atoms. The maximum Gasteiger partial charge on any atom is 0.143 e. The first-order chi connectivity index (χ1) is 33.7. The van der Waals surface area contributed by atoms with Gasteiger partial charge in [0.2, 0.25) is 0 Å². The third kappa shape index (κ3) is 5.74. The lowest BCUT2D eigenvalue weighted by Crippen LogP contribution is -2.20. The quantitative estimate of drug-likeness (QED) is 0.166. The molecule has 0 spiro atoms. The van der Waals surface area contributed by atoms with Crippen LogP contribution in [0.1, 0.15) is 49.9 Å². The van der Waals surface area contributed by atoms with Crippen molar-refractivity contribution in [3.63, 3.8) is 0 Å². The summed E-state index contributed by atoms with van der Waals surface area (Å²) < 4.78 is 8.95. The van der Waals surface area contributed by atoms with Gasteiger partial charge in [0.1, 0.15) is 11.2 Å².